The van der Waals surface area contributed by atoms with Crippen molar-refractivity contribution in [1.82, 2.24) is 9.38 Å². The molecule has 0 saturated carbocycles. The van der Waals surface area contributed by atoms with Crippen molar-refractivity contribution < 1.29 is 0 Å². The first-order valence-electron chi connectivity index (χ1n) is 5.19. The number of hydrogen-bond acceptors (Lipinski definition) is 2. The van der Waals surface area contributed by atoms with Gasteiger partial charge < -0.3 is 0 Å². The molecule has 84 valence electrons. The van der Waals surface area contributed by atoms with Gasteiger partial charge in [0.2, 0.25) is 0 Å². The summed E-state index contributed by atoms with van der Waals surface area (Å²) in [4.78, 5) is 16.5. The molecular formula is C12H13ClN2O. The van der Waals surface area contributed by atoms with Crippen LogP contribution in [-0.4, -0.2) is 9.38 Å². The molecule has 0 amide bonds. The van der Waals surface area contributed by atoms with Crippen molar-refractivity contribution in [3.63, 3.8) is 0 Å². The first-order chi connectivity index (χ1) is 7.52. The van der Waals surface area contributed by atoms with Crippen molar-refractivity contribution in [3.8, 4) is 0 Å². The molecule has 0 spiro atoms. The van der Waals surface area contributed by atoms with E-state index in [0.717, 1.165) is 5.56 Å². The van der Waals surface area contributed by atoms with Crippen molar-refractivity contribution in [2.75, 3.05) is 0 Å². The van der Waals surface area contributed by atoms with Crippen molar-refractivity contribution >= 4 is 17.2 Å². The van der Waals surface area contributed by atoms with E-state index < -0.39 is 0 Å². The fraction of sp³-hybridized carbons (Fsp3) is 0.333. The summed E-state index contributed by atoms with van der Waals surface area (Å²) in [5.74, 6) is 0.0740. The van der Waals surface area contributed by atoms with Gasteiger partial charge in [0.25, 0.3) is 5.56 Å². The Balaban J connectivity index is 2.95. The Morgan fingerprint density at radius 1 is 1.44 bits per heavy atom. The van der Waals surface area contributed by atoms with E-state index in [-0.39, 0.29) is 11.5 Å². The van der Waals surface area contributed by atoms with Crippen molar-refractivity contribution in [1.29, 1.82) is 0 Å². The maximum atomic E-state index is 12.2. The van der Waals surface area contributed by atoms with Crippen LogP contribution in [0.15, 0.2) is 23.1 Å². The van der Waals surface area contributed by atoms with E-state index in [2.05, 4.69) is 4.98 Å². The summed E-state index contributed by atoms with van der Waals surface area (Å²) in [5, 5.41) is 0.314. The van der Waals surface area contributed by atoms with Crippen molar-refractivity contribution in [2.45, 2.75) is 26.7 Å². The Labute approximate surface area is 98.7 Å². The molecule has 0 aliphatic rings. The molecule has 2 heterocycles. The lowest BCUT2D eigenvalue weighted by Gasteiger charge is -2.10. The maximum Gasteiger partial charge on any atom is 0.262 e. The van der Waals surface area contributed by atoms with Gasteiger partial charge in [0.15, 0.2) is 0 Å². The van der Waals surface area contributed by atoms with Crippen LogP contribution < -0.4 is 5.56 Å². The topological polar surface area (TPSA) is 34.4 Å². The highest BCUT2D eigenvalue weighted by atomic mass is 35.5. The molecule has 2 rings (SSSR count). The van der Waals surface area contributed by atoms with Gasteiger partial charge in [-0.15, -0.1) is 0 Å². The normalized spacial score (nSPS) is 11.3. The van der Waals surface area contributed by atoms with Crippen LogP contribution in [0.3, 0.4) is 0 Å². The molecular weight excluding hydrogens is 224 g/mol. The van der Waals surface area contributed by atoms with Crippen LogP contribution >= 0.6 is 11.6 Å². The van der Waals surface area contributed by atoms with E-state index >= 15 is 0 Å². The second kappa shape index (κ2) is 3.91. The van der Waals surface area contributed by atoms with Gasteiger partial charge in [-0.25, -0.2) is 4.98 Å². The highest BCUT2D eigenvalue weighted by molar-refractivity contribution is 6.30. The molecule has 2 aromatic rings. The molecule has 0 saturated heterocycles. The van der Waals surface area contributed by atoms with Crippen LogP contribution in [0, 0.1) is 6.92 Å². The second-order valence-electron chi connectivity index (χ2n) is 4.16. The summed E-state index contributed by atoms with van der Waals surface area (Å²) in [5.41, 5.74) is 2.07. The second-order valence-corrected chi connectivity index (χ2v) is 4.52. The minimum atomic E-state index is -0.0753. The molecule has 0 fully saturated rings. The molecule has 0 aromatic carbocycles. The lowest BCUT2D eigenvalue weighted by atomic mass is 10.1. The van der Waals surface area contributed by atoms with Crippen molar-refractivity contribution in [3.05, 3.63) is 45.0 Å². The van der Waals surface area contributed by atoms with E-state index in [4.69, 9.17) is 11.6 Å². The third kappa shape index (κ3) is 1.61. The summed E-state index contributed by atoms with van der Waals surface area (Å²) in [6, 6.07) is 3.75. The zero-order valence-electron chi connectivity index (χ0n) is 9.49. The lowest BCUT2D eigenvalue weighted by Crippen LogP contribution is -2.21. The first kappa shape index (κ1) is 11.1. The largest absolute Gasteiger partial charge is 0.269 e. The summed E-state index contributed by atoms with van der Waals surface area (Å²) < 4.78 is 1.55. The smallest absolute Gasteiger partial charge is 0.262 e. The van der Waals surface area contributed by atoms with Crippen LogP contribution in [0.5, 0.6) is 0 Å². The van der Waals surface area contributed by atoms with Gasteiger partial charge in [0.05, 0.1) is 5.56 Å². The Morgan fingerprint density at radius 2 is 2.12 bits per heavy atom. The lowest BCUT2D eigenvalue weighted by molar-refractivity contribution is 0.821. The molecule has 0 aliphatic carbocycles. The first-order valence-corrected chi connectivity index (χ1v) is 5.57. The average Bonchev–Trinajstić information content (AvgIpc) is 2.19. The van der Waals surface area contributed by atoms with Crippen LogP contribution in [0.2, 0.25) is 5.15 Å². The number of nitrogens with zero attached hydrogens (tertiary/aromatic N) is 2. The fourth-order valence-electron chi connectivity index (χ4n) is 1.77. The van der Waals surface area contributed by atoms with Crippen molar-refractivity contribution in [2.24, 2.45) is 0 Å². The van der Waals surface area contributed by atoms with E-state index in [1.165, 1.54) is 0 Å². The zero-order chi connectivity index (χ0) is 11.9. The Hall–Kier alpha value is -1.35. The fourth-order valence-corrected chi connectivity index (χ4v) is 2.15. The van der Waals surface area contributed by atoms with Gasteiger partial charge in [-0.3, -0.25) is 9.20 Å². The van der Waals surface area contributed by atoms with Gasteiger partial charge in [-0.2, -0.15) is 0 Å². The maximum absolute atomic E-state index is 12.2. The number of rotatable bonds is 1. The Bertz CT molecular complexity index is 602. The average molecular weight is 237 g/mol. The monoisotopic (exact) mass is 236 g/mol. The molecule has 3 nitrogen and oxygen atoms in total. The van der Waals surface area contributed by atoms with Gasteiger partial charge in [0, 0.05) is 6.20 Å². The summed E-state index contributed by atoms with van der Waals surface area (Å²) in [6.07, 6.45) is 1.72. The van der Waals surface area contributed by atoms with Crippen LogP contribution in [-0.2, 0) is 0 Å². The zero-order valence-corrected chi connectivity index (χ0v) is 10.2. The predicted octanol–water partition coefficient (Wildman–Crippen LogP) is 2.78. The standard InChI is InChI=1S/C12H13ClN2O/c1-7(2)9-10(13)14-11-8(3)5-4-6-15(11)12(9)16/h4-7H,1-3H3. The van der Waals surface area contributed by atoms with Crippen LogP contribution in [0.4, 0.5) is 0 Å². The van der Waals surface area contributed by atoms with Gasteiger partial charge in [-0.05, 0) is 24.5 Å². The predicted molar refractivity (Wildman–Crippen MR) is 65.3 cm³/mol. The van der Waals surface area contributed by atoms with E-state index in [1.807, 2.05) is 32.9 Å². The van der Waals surface area contributed by atoms with E-state index in [9.17, 15) is 4.79 Å². The van der Waals surface area contributed by atoms with Gasteiger partial charge in [-0.1, -0.05) is 31.5 Å². The Morgan fingerprint density at radius 3 is 2.75 bits per heavy atom. The summed E-state index contributed by atoms with van der Waals surface area (Å²) in [6.45, 7) is 5.78. The highest BCUT2D eigenvalue weighted by Crippen LogP contribution is 2.19. The molecule has 0 bridgehead atoms. The Kier molecular flexibility index (Phi) is 2.72. The molecule has 4 heteroatoms. The van der Waals surface area contributed by atoms with E-state index in [0.29, 0.717) is 16.4 Å². The SMILES string of the molecule is Cc1cccn2c(=O)c(C(C)C)c(Cl)nc12. The summed E-state index contributed by atoms with van der Waals surface area (Å²) in [7, 11) is 0. The molecule has 0 aliphatic heterocycles. The van der Waals surface area contributed by atoms with Crippen LogP contribution in [0.1, 0.15) is 30.9 Å². The molecule has 0 N–H and O–H groups in total. The number of halogens is 1. The molecule has 2 aromatic heterocycles. The van der Waals surface area contributed by atoms with Crippen LogP contribution in [0.25, 0.3) is 5.65 Å². The van der Waals surface area contributed by atoms with Gasteiger partial charge in [0.1, 0.15) is 10.8 Å². The number of aryl methyl sites for hydroxylation is 1. The molecule has 0 radical (unpaired) electrons. The third-order valence-corrected chi connectivity index (χ3v) is 2.90. The van der Waals surface area contributed by atoms with Gasteiger partial charge >= 0.3 is 0 Å². The quantitative estimate of drug-likeness (QED) is 0.714. The molecule has 16 heavy (non-hydrogen) atoms. The number of fused-ring (bicyclic) bond motifs is 1. The number of aromatic nitrogens is 2. The van der Waals surface area contributed by atoms with E-state index in [1.54, 1.807) is 10.6 Å². The third-order valence-electron chi connectivity index (χ3n) is 2.62. The minimum Gasteiger partial charge on any atom is -0.269 e. The molecule has 0 atom stereocenters. The number of pyridine rings is 1. The highest BCUT2D eigenvalue weighted by Gasteiger charge is 2.14. The summed E-state index contributed by atoms with van der Waals surface area (Å²) >= 11 is 6.05. The molecule has 0 unspecified atom stereocenters. The minimum absolute atomic E-state index is 0.0740. The number of hydrogen-bond donors (Lipinski definition) is 0.